The van der Waals surface area contributed by atoms with Crippen LogP contribution in [0.5, 0.6) is 0 Å². The van der Waals surface area contributed by atoms with Gasteiger partial charge in [0.25, 0.3) is 0 Å². The van der Waals surface area contributed by atoms with E-state index in [1.54, 1.807) is 28.4 Å². The molecule has 2 aromatic heterocycles. The van der Waals surface area contributed by atoms with Crippen molar-refractivity contribution in [2.75, 3.05) is 19.1 Å². The monoisotopic (exact) mass is 385 g/mol. The number of aryl methyl sites for hydroxylation is 1. The lowest BCUT2D eigenvalue weighted by Crippen LogP contribution is -2.27. The maximum atomic E-state index is 12.4. The first-order chi connectivity index (χ1) is 12.5. The molecule has 0 aliphatic carbocycles. The highest BCUT2D eigenvalue weighted by atomic mass is 32.2. The van der Waals surface area contributed by atoms with Crippen LogP contribution in [0.1, 0.15) is 16.8 Å². The molecule has 0 radical (unpaired) electrons. The first kappa shape index (κ1) is 18.9. The fourth-order valence-electron chi connectivity index (χ4n) is 2.67. The fourth-order valence-corrected chi connectivity index (χ4v) is 3.92. The Balaban J connectivity index is 1.49. The zero-order chi connectivity index (χ0) is 18.5. The van der Waals surface area contributed by atoms with E-state index < -0.39 is 0 Å². The molecule has 4 nitrogen and oxygen atoms in total. The molecule has 0 atom stereocenters. The Morgan fingerprint density at radius 2 is 1.92 bits per heavy atom. The number of thioether (sulfide) groups is 2. The van der Waals surface area contributed by atoms with E-state index in [0.717, 1.165) is 22.7 Å². The van der Waals surface area contributed by atoms with Crippen LogP contribution >= 0.6 is 23.5 Å². The maximum Gasteiger partial charge on any atom is 0.232 e. The number of rotatable bonds is 7. The Morgan fingerprint density at radius 1 is 1.15 bits per heavy atom. The predicted molar refractivity (Wildman–Crippen MR) is 111 cm³/mol. The molecule has 136 valence electrons. The van der Waals surface area contributed by atoms with E-state index in [-0.39, 0.29) is 5.91 Å². The van der Waals surface area contributed by atoms with Crippen LogP contribution in [0.3, 0.4) is 0 Å². The molecule has 0 bridgehead atoms. The SMILES string of the molecule is CSc1ccc(CN(C)C(=O)CSCc2cn3cc(C)ccc3n2)cc1. The average Bonchev–Trinajstić information content (AvgIpc) is 3.04. The van der Waals surface area contributed by atoms with Crippen molar-refractivity contribution in [1.29, 1.82) is 0 Å². The average molecular weight is 386 g/mol. The minimum atomic E-state index is 0.142. The third-order valence-corrected chi connectivity index (χ3v) is 5.82. The molecule has 0 spiro atoms. The van der Waals surface area contributed by atoms with Crippen molar-refractivity contribution >= 4 is 35.1 Å². The van der Waals surface area contributed by atoms with E-state index in [1.807, 2.05) is 23.7 Å². The van der Waals surface area contributed by atoms with E-state index >= 15 is 0 Å². The zero-order valence-corrected chi connectivity index (χ0v) is 16.9. The maximum absolute atomic E-state index is 12.4. The largest absolute Gasteiger partial charge is 0.341 e. The second-order valence-corrected chi connectivity index (χ2v) is 8.16. The quantitative estimate of drug-likeness (QED) is 0.570. The molecule has 26 heavy (non-hydrogen) atoms. The summed E-state index contributed by atoms with van der Waals surface area (Å²) in [5, 5.41) is 0. The lowest BCUT2D eigenvalue weighted by Gasteiger charge is -2.17. The normalized spacial score (nSPS) is 11.0. The molecular formula is C20H23N3OS2. The number of amides is 1. The summed E-state index contributed by atoms with van der Waals surface area (Å²) >= 11 is 3.33. The van der Waals surface area contributed by atoms with Crippen molar-refractivity contribution in [3.05, 3.63) is 65.6 Å². The minimum absolute atomic E-state index is 0.142. The van der Waals surface area contributed by atoms with Gasteiger partial charge in [-0.15, -0.1) is 23.5 Å². The van der Waals surface area contributed by atoms with Gasteiger partial charge in [-0.2, -0.15) is 0 Å². The van der Waals surface area contributed by atoms with Crippen molar-refractivity contribution in [1.82, 2.24) is 14.3 Å². The molecule has 6 heteroatoms. The highest BCUT2D eigenvalue weighted by Crippen LogP contribution is 2.17. The zero-order valence-electron chi connectivity index (χ0n) is 15.3. The number of aromatic nitrogens is 2. The molecular weight excluding hydrogens is 362 g/mol. The van der Waals surface area contributed by atoms with Gasteiger partial charge in [0.2, 0.25) is 5.91 Å². The topological polar surface area (TPSA) is 37.6 Å². The number of carbonyl (C=O) groups is 1. The Labute approximate surface area is 163 Å². The lowest BCUT2D eigenvalue weighted by molar-refractivity contribution is -0.127. The van der Waals surface area contributed by atoms with Gasteiger partial charge in [0.15, 0.2) is 0 Å². The van der Waals surface area contributed by atoms with Crippen LogP contribution in [0.25, 0.3) is 5.65 Å². The van der Waals surface area contributed by atoms with Crippen LogP contribution in [-0.4, -0.2) is 39.2 Å². The molecule has 0 fully saturated rings. The molecule has 0 aliphatic rings. The molecule has 3 rings (SSSR count). The van der Waals surface area contributed by atoms with Crippen molar-refractivity contribution in [2.45, 2.75) is 24.1 Å². The molecule has 0 N–H and O–H groups in total. The summed E-state index contributed by atoms with van der Waals surface area (Å²) < 4.78 is 2.04. The van der Waals surface area contributed by atoms with Gasteiger partial charge in [-0.1, -0.05) is 18.2 Å². The standard InChI is InChI=1S/C20H23N3OS2/c1-15-4-9-19-21-17(12-23(19)10-15)13-26-14-20(24)22(2)11-16-5-7-18(25-3)8-6-16/h4-10,12H,11,13-14H2,1-3H3. The van der Waals surface area contributed by atoms with Crippen LogP contribution in [0.4, 0.5) is 0 Å². The Kier molecular flexibility index (Phi) is 6.27. The first-order valence-corrected chi connectivity index (χ1v) is 10.8. The van der Waals surface area contributed by atoms with E-state index in [2.05, 4.69) is 54.7 Å². The predicted octanol–water partition coefficient (Wildman–Crippen LogP) is 4.26. The number of hydrogen-bond donors (Lipinski definition) is 0. The van der Waals surface area contributed by atoms with Gasteiger partial charge in [-0.05, 0) is 42.5 Å². The molecule has 1 amide bonds. The molecule has 1 aromatic carbocycles. The summed E-state index contributed by atoms with van der Waals surface area (Å²) in [5.74, 6) is 1.35. The van der Waals surface area contributed by atoms with Crippen molar-refractivity contribution in [3.8, 4) is 0 Å². The van der Waals surface area contributed by atoms with Crippen LogP contribution < -0.4 is 0 Å². The van der Waals surface area contributed by atoms with Crippen LogP contribution in [0, 0.1) is 6.92 Å². The first-order valence-electron chi connectivity index (χ1n) is 8.44. The second-order valence-electron chi connectivity index (χ2n) is 6.29. The van der Waals surface area contributed by atoms with Gasteiger partial charge in [0.05, 0.1) is 11.4 Å². The van der Waals surface area contributed by atoms with Crippen molar-refractivity contribution < 1.29 is 4.79 Å². The number of benzene rings is 1. The highest BCUT2D eigenvalue weighted by molar-refractivity contribution is 7.99. The van der Waals surface area contributed by atoms with Crippen LogP contribution in [0.15, 0.2) is 53.7 Å². The smallest absolute Gasteiger partial charge is 0.232 e. The molecule has 3 aromatic rings. The Hall–Kier alpha value is -1.92. The number of hydrogen-bond acceptors (Lipinski definition) is 4. The summed E-state index contributed by atoms with van der Waals surface area (Å²) in [6.07, 6.45) is 6.17. The number of nitrogens with zero attached hydrogens (tertiary/aromatic N) is 3. The van der Waals surface area contributed by atoms with E-state index in [9.17, 15) is 4.79 Å². The summed E-state index contributed by atoms with van der Waals surface area (Å²) in [6.45, 7) is 2.71. The van der Waals surface area contributed by atoms with E-state index in [4.69, 9.17) is 0 Å². The van der Waals surface area contributed by atoms with Gasteiger partial charge < -0.3 is 9.30 Å². The van der Waals surface area contributed by atoms with Crippen molar-refractivity contribution in [2.24, 2.45) is 0 Å². The molecule has 0 aliphatic heterocycles. The minimum Gasteiger partial charge on any atom is -0.341 e. The number of fused-ring (bicyclic) bond motifs is 1. The van der Waals surface area contributed by atoms with Gasteiger partial charge in [0, 0.05) is 36.6 Å². The Bertz CT molecular complexity index is 890. The van der Waals surface area contributed by atoms with Gasteiger partial charge in [0.1, 0.15) is 5.65 Å². The summed E-state index contributed by atoms with van der Waals surface area (Å²) in [6, 6.07) is 12.4. The van der Waals surface area contributed by atoms with Gasteiger partial charge in [-0.25, -0.2) is 4.98 Å². The van der Waals surface area contributed by atoms with Crippen LogP contribution in [0.2, 0.25) is 0 Å². The molecule has 0 saturated heterocycles. The second kappa shape index (κ2) is 8.64. The van der Waals surface area contributed by atoms with E-state index in [0.29, 0.717) is 12.3 Å². The van der Waals surface area contributed by atoms with Crippen LogP contribution in [-0.2, 0) is 17.1 Å². The highest BCUT2D eigenvalue weighted by Gasteiger charge is 2.10. The fraction of sp³-hybridized carbons (Fsp3) is 0.300. The summed E-state index contributed by atoms with van der Waals surface area (Å²) in [5.41, 5.74) is 4.31. The summed E-state index contributed by atoms with van der Waals surface area (Å²) in [7, 11) is 1.86. The van der Waals surface area contributed by atoms with Crippen molar-refractivity contribution in [3.63, 3.8) is 0 Å². The molecule has 0 saturated carbocycles. The van der Waals surface area contributed by atoms with Gasteiger partial charge >= 0.3 is 0 Å². The summed E-state index contributed by atoms with van der Waals surface area (Å²) in [4.78, 5) is 20.0. The number of imidazole rings is 1. The lowest BCUT2D eigenvalue weighted by atomic mass is 10.2. The third-order valence-electron chi connectivity index (χ3n) is 4.13. The number of carbonyl (C=O) groups excluding carboxylic acids is 1. The molecule has 0 unspecified atom stereocenters. The Morgan fingerprint density at radius 3 is 2.65 bits per heavy atom. The van der Waals surface area contributed by atoms with Gasteiger partial charge in [-0.3, -0.25) is 4.79 Å². The third kappa shape index (κ3) is 4.83. The van der Waals surface area contributed by atoms with E-state index in [1.165, 1.54) is 10.5 Å². The number of pyridine rings is 1. The molecule has 2 heterocycles.